The molecule has 0 fully saturated rings. The number of rotatable bonds is 10. The van der Waals surface area contributed by atoms with Crippen molar-refractivity contribution in [3.63, 3.8) is 0 Å². The molecule has 4 nitrogen and oxygen atoms in total. The van der Waals surface area contributed by atoms with E-state index in [1.807, 2.05) is 45.0 Å². The maximum atomic E-state index is 13.8. The summed E-state index contributed by atoms with van der Waals surface area (Å²) < 4.78 is 13.8. The van der Waals surface area contributed by atoms with E-state index in [9.17, 15) is 14.0 Å². The molecule has 0 aliphatic rings. The van der Waals surface area contributed by atoms with E-state index in [2.05, 4.69) is 5.32 Å². The average Bonchev–Trinajstić information content (AvgIpc) is 2.71. The Kier molecular flexibility index (Phi) is 9.19. The molecule has 6 heteroatoms. The smallest absolute Gasteiger partial charge is 0.242 e. The number of hydrogen-bond donors (Lipinski definition) is 1. The SMILES string of the molecule is CCNC(=O)[C@@H](CC)N(Cc1ccc(C)cc1)C(=O)CSCc1ccccc1F. The molecule has 0 spiro atoms. The van der Waals surface area contributed by atoms with Crippen LogP contribution in [0, 0.1) is 12.7 Å². The number of benzene rings is 2. The minimum absolute atomic E-state index is 0.120. The summed E-state index contributed by atoms with van der Waals surface area (Å²) in [6, 6.07) is 14.0. The summed E-state index contributed by atoms with van der Waals surface area (Å²) in [6.07, 6.45) is 0.529. The number of amides is 2. The molecular weight excluding hydrogens is 387 g/mol. The fourth-order valence-electron chi connectivity index (χ4n) is 3.05. The fraction of sp³-hybridized carbons (Fsp3) is 0.391. The molecule has 156 valence electrons. The van der Waals surface area contributed by atoms with E-state index in [1.54, 1.807) is 23.1 Å². The van der Waals surface area contributed by atoms with Gasteiger partial charge in [-0.3, -0.25) is 9.59 Å². The molecule has 0 heterocycles. The number of nitrogens with one attached hydrogen (secondary N) is 1. The highest BCUT2D eigenvalue weighted by Gasteiger charge is 2.28. The molecule has 0 unspecified atom stereocenters. The van der Waals surface area contributed by atoms with Gasteiger partial charge in [0, 0.05) is 18.8 Å². The molecule has 2 rings (SSSR count). The third-order valence-corrected chi connectivity index (χ3v) is 5.62. The number of nitrogens with zero attached hydrogens (tertiary/aromatic N) is 1. The van der Waals surface area contributed by atoms with E-state index < -0.39 is 6.04 Å². The van der Waals surface area contributed by atoms with Crippen molar-refractivity contribution in [2.24, 2.45) is 0 Å². The Morgan fingerprint density at radius 1 is 1.10 bits per heavy atom. The maximum absolute atomic E-state index is 13.8. The first-order valence-corrected chi connectivity index (χ1v) is 11.1. The largest absolute Gasteiger partial charge is 0.355 e. The van der Waals surface area contributed by atoms with Gasteiger partial charge < -0.3 is 10.2 Å². The van der Waals surface area contributed by atoms with Gasteiger partial charge in [0.25, 0.3) is 0 Å². The number of thioether (sulfide) groups is 1. The zero-order chi connectivity index (χ0) is 21.2. The normalized spacial score (nSPS) is 11.7. The van der Waals surface area contributed by atoms with Crippen LogP contribution in [0.1, 0.15) is 37.0 Å². The summed E-state index contributed by atoms with van der Waals surface area (Å²) in [5.41, 5.74) is 2.69. The molecule has 1 atom stereocenters. The molecule has 0 bridgehead atoms. The Hall–Kier alpha value is -2.34. The maximum Gasteiger partial charge on any atom is 0.242 e. The molecule has 1 N–H and O–H groups in total. The van der Waals surface area contributed by atoms with Gasteiger partial charge >= 0.3 is 0 Å². The Morgan fingerprint density at radius 2 is 1.79 bits per heavy atom. The average molecular weight is 417 g/mol. The van der Waals surface area contributed by atoms with Crippen LogP contribution >= 0.6 is 11.8 Å². The Labute approximate surface area is 176 Å². The Morgan fingerprint density at radius 3 is 2.41 bits per heavy atom. The topological polar surface area (TPSA) is 49.4 Å². The van der Waals surface area contributed by atoms with Gasteiger partial charge in [-0.2, -0.15) is 0 Å². The molecule has 2 aromatic carbocycles. The number of likely N-dealkylation sites (N-methyl/N-ethyl adjacent to an activating group) is 1. The minimum Gasteiger partial charge on any atom is -0.355 e. The van der Waals surface area contributed by atoms with E-state index in [1.165, 1.54) is 17.8 Å². The molecule has 2 aromatic rings. The lowest BCUT2D eigenvalue weighted by molar-refractivity contribution is -0.139. The van der Waals surface area contributed by atoms with E-state index in [-0.39, 0.29) is 23.4 Å². The zero-order valence-corrected chi connectivity index (χ0v) is 18.1. The second-order valence-corrected chi connectivity index (χ2v) is 7.90. The van der Waals surface area contributed by atoms with Crippen LogP contribution in [-0.4, -0.2) is 35.1 Å². The fourth-order valence-corrected chi connectivity index (χ4v) is 3.94. The summed E-state index contributed by atoms with van der Waals surface area (Å²) in [5, 5.41) is 2.83. The molecule has 0 radical (unpaired) electrons. The first kappa shape index (κ1) is 22.9. The minimum atomic E-state index is -0.530. The second-order valence-electron chi connectivity index (χ2n) is 6.91. The van der Waals surface area contributed by atoms with E-state index >= 15 is 0 Å². The summed E-state index contributed by atoms with van der Waals surface area (Å²) in [6.45, 7) is 6.66. The van der Waals surface area contributed by atoms with Gasteiger partial charge in [0.2, 0.25) is 11.8 Å². The van der Waals surface area contributed by atoms with Crippen LogP contribution in [0.5, 0.6) is 0 Å². The third kappa shape index (κ3) is 6.89. The molecular formula is C23H29FN2O2S. The zero-order valence-electron chi connectivity index (χ0n) is 17.3. The van der Waals surface area contributed by atoms with E-state index in [0.717, 1.165) is 11.1 Å². The second kappa shape index (κ2) is 11.6. The van der Waals surface area contributed by atoms with Crippen molar-refractivity contribution >= 4 is 23.6 Å². The summed E-state index contributed by atoms with van der Waals surface area (Å²) in [5.74, 6) is 0.0717. The Balaban J connectivity index is 2.11. The summed E-state index contributed by atoms with van der Waals surface area (Å²) in [7, 11) is 0. The van der Waals surface area contributed by atoms with Crippen molar-refractivity contribution in [1.82, 2.24) is 10.2 Å². The van der Waals surface area contributed by atoms with Gasteiger partial charge in [-0.15, -0.1) is 11.8 Å². The molecule has 0 saturated heterocycles. The molecule has 0 aromatic heterocycles. The molecule has 0 aliphatic carbocycles. The molecule has 0 aliphatic heterocycles. The number of hydrogen-bond acceptors (Lipinski definition) is 3. The van der Waals surface area contributed by atoms with Gasteiger partial charge in [0.15, 0.2) is 0 Å². The van der Waals surface area contributed by atoms with Crippen molar-refractivity contribution in [3.05, 3.63) is 71.0 Å². The van der Waals surface area contributed by atoms with Crippen molar-refractivity contribution in [1.29, 1.82) is 0 Å². The van der Waals surface area contributed by atoms with Crippen molar-refractivity contribution in [2.75, 3.05) is 12.3 Å². The summed E-state index contributed by atoms with van der Waals surface area (Å²) >= 11 is 1.36. The highest BCUT2D eigenvalue weighted by atomic mass is 32.2. The highest BCUT2D eigenvalue weighted by Crippen LogP contribution is 2.19. The van der Waals surface area contributed by atoms with Gasteiger partial charge in [-0.25, -0.2) is 4.39 Å². The highest BCUT2D eigenvalue weighted by molar-refractivity contribution is 7.99. The number of halogens is 1. The van der Waals surface area contributed by atoms with Crippen LogP contribution in [0.25, 0.3) is 0 Å². The lowest BCUT2D eigenvalue weighted by Gasteiger charge is -2.30. The van der Waals surface area contributed by atoms with Crippen molar-refractivity contribution < 1.29 is 14.0 Å². The number of carbonyl (C=O) groups excluding carboxylic acids is 2. The van der Waals surface area contributed by atoms with Crippen LogP contribution in [0.2, 0.25) is 0 Å². The lowest BCUT2D eigenvalue weighted by atomic mass is 10.1. The first-order valence-electron chi connectivity index (χ1n) is 9.90. The number of carbonyl (C=O) groups is 2. The van der Waals surface area contributed by atoms with E-state index in [0.29, 0.717) is 30.8 Å². The van der Waals surface area contributed by atoms with Crippen LogP contribution < -0.4 is 5.32 Å². The quantitative estimate of drug-likeness (QED) is 0.628. The summed E-state index contributed by atoms with van der Waals surface area (Å²) in [4.78, 5) is 27.2. The number of aryl methyl sites for hydroxylation is 1. The molecule has 29 heavy (non-hydrogen) atoms. The van der Waals surface area contributed by atoms with Crippen molar-refractivity contribution in [2.45, 2.75) is 45.5 Å². The van der Waals surface area contributed by atoms with Crippen molar-refractivity contribution in [3.8, 4) is 0 Å². The standard InChI is InChI=1S/C23H29FN2O2S/c1-4-21(23(28)25-5-2)26(14-18-12-10-17(3)11-13-18)22(27)16-29-15-19-8-6-7-9-20(19)24/h6-13,21H,4-5,14-16H2,1-3H3,(H,25,28)/t21-/m1/s1. The van der Waals surface area contributed by atoms with Gasteiger partial charge in [-0.1, -0.05) is 55.0 Å². The monoisotopic (exact) mass is 416 g/mol. The predicted molar refractivity (Wildman–Crippen MR) is 117 cm³/mol. The van der Waals surface area contributed by atoms with Crippen LogP contribution in [0.3, 0.4) is 0 Å². The van der Waals surface area contributed by atoms with E-state index in [4.69, 9.17) is 0 Å². The van der Waals surface area contributed by atoms with Gasteiger partial charge in [0.05, 0.1) is 5.75 Å². The van der Waals surface area contributed by atoms with Gasteiger partial charge in [0.1, 0.15) is 11.9 Å². The molecule has 0 saturated carbocycles. The van der Waals surface area contributed by atoms with Crippen LogP contribution in [0.4, 0.5) is 4.39 Å². The predicted octanol–water partition coefficient (Wildman–Crippen LogP) is 4.31. The van der Waals surface area contributed by atoms with Crippen LogP contribution in [0.15, 0.2) is 48.5 Å². The third-order valence-electron chi connectivity index (χ3n) is 4.65. The van der Waals surface area contributed by atoms with Gasteiger partial charge in [-0.05, 0) is 37.5 Å². The van der Waals surface area contributed by atoms with Crippen LogP contribution in [-0.2, 0) is 21.9 Å². The first-order chi connectivity index (χ1) is 14.0. The Bertz CT molecular complexity index is 811. The molecule has 2 amide bonds. The lowest BCUT2D eigenvalue weighted by Crippen LogP contribution is -2.49.